The van der Waals surface area contributed by atoms with Crippen LogP contribution in [0, 0.1) is 0 Å². The quantitative estimate of drug-likeness (QED) is 0.892. The summed E-state index contributed by atoms with van der Waals surface area (Å²) in [6.07, 6.45) is 3.22. The Morgan fingerprint density at radius 2 is 2.04 bits per heavy atom. The minimum absolute atomic E-state index is 0.159. The molecule has 1 aromatic carbocycles. The number of aromatic nitrogens is 1. The van der Waals surface area contributed by atoms with Gasteiger partial charge in [-0.2, -0.15) is 0 Å². The molecule has 0 saturated carbocycles. The Bertz CT molecular complexity index is 687. The molecule has 0 radical (unpaired) electrons. The number of para-hydroxylation sites is 1. The van der Waals surface area contributed by atoms with Gasteiger partial charge in [0.05, 0.1) is 18.8 Å². The van der Waals surface area contributed by atoms with Crippen molar-refractivity contribution in [3.8, 4) is 0 Å². The van der Waals surface area contributed by atoms with Crippen molar-refractivity contribution in [1.82, 2.24) is 9.88 Å². The van der Waals surface area contributed by atoms with Gasteiger partial charge in [0.15, 0.2) is 0 Å². The van der Waals surface area contributed by atoms with Crippen LogP contribution in [0.5, 0.6) is 0 Å². The van der Waals surface area contributed by atoms with Gasteiger partial charge in [0, 0.05) is 42.2 Å². The van der Waals surface area contributed by atoms with Crippen molar-refractivity contribution < 1.29 is 9.53 Å². The van der Waals surface area contributed by atoms with Crippen molar-refractivity contribution in [2.24, 2.45) is 0 Å². The minimum Gasteiger partial charge on any atom is -0.379 e. The normalized spacial score (nSPS) is 15.3. The average Bonchev–Trinajstić information content (AvgIpc) is 2.57. The highest BCUT2D eigenvalue weighted by atomic mass is 79.9. The van der Waals surface area contributed by atoms with Crippen molar-refractivity contribution in [3.05, 3.63) is 58.3 Å². The van der Waals surface area contributed by atoms with E-state index in [1.165, 1.54) is 0 Å². The molecule has 6 heteroatoms. The number of amides is 1. The van der Waals surface area contributed by atoms with Crippen LogP contribution in [0.2, 0.25) is 0 Å². The Morgan fingerprint density at radius 3 is 2.83 bits per heavy atom. The first-order valence-corrected chi connectivity index (χ1v) is 8.31. The van der Waals surface area contributed by atoms with E-state index in [0.717, 1.165) is 48.6 Å². The van der Waals surface area contributed by atoms with Crippen molar-refractivity contribution >= 4 is 27.5 Å². The van der Waals surface area contributed by atoms with Crippen molar-refractivity contribution in [1.29, 1.82) is 0 Å². The summed E-state index contributed by atoms with van der Waals surface area (Å²) in [6.45, 7) is 4.16. The fourth-order valence-corrected chi connectivity index (χ4v) is 2.88. The van der Waals surface area contributed by atoms with E-state index in [0.29, 0.717) is 5.56 Å². The fraction of sp³-hybridized carbons (Fsp3) is 0.294. The van der Waals surface area contributed by atoms with Crippen LogP contribution in [0.3, 0.4) is 0 Å². The van der Waals surface area contributed by atoms with E-state index in [-0.39, 0.29) is 5.91 Å². The zero-order chi connectivity index (χ0) is 16.1. The summed E-state index contributed by atoms with van der Waals surface area (Å²) in [7, 11) is 0. The maximum absolute atomic E-state index is 12.4. The molecule has 0 spiro atoms. The first-order chi connectivity index (χ1) is 11.2. The zero-order valence-electron chi connectivity index (χ0n) is 12.7. The number of carbonyl (C=O) groups excluding carboxylic acids is 1. The number of benzene rings is 1. The van der Waals surface area contributed by atoms with Gasteiger partial charge in [-0.15, -0.1) is 0 Å². The molecule has 0 atom stereocenters. The van der Waals surface area contributed by atoms with Crippen LogP contribution in [0.15, 0.2) is 47.2 Å². The van der Waals surface area contributed by atoms with E-state index in [4.69, 9.17) is 4.74 Å². The van der Waals surface area contributed by atoms with E-state index in [9.17, 15) is 4.79 Å². The van der Waals surface area contributed by atoms with Gasteiger partial charge in [-0.25, -0.2) is 0 Å². The predicted octanol–water partition coefficient (Wildman–Crippen LogP) is 2.93. The lowest BCUT2D eigenvalue weighted by Crippen LogP contribution is -2.35. The summed E-state index contributed by atoms with van der Waals surface area (Å²) in [6, 6.07) is 9.65. The number of hydrogen-bond acceptors (Lipinski definition) is 4. The molecule has 1 N–H and O–H groups in total. The number of halogens is 1. The van der Waals surface area contributed by atoms with Crippen LogP contribution in [-0.4, -0.2) is 42.1 Å². The summed E-state index contributed by atoms with van der Waals surface area (Å²) in [4.78, 5) is 18.8. The van der Waals surface area contributed by atoms with Crippen LogP contribution in [0.25, 0.3) is 0 Å². The van der Waals surface area contributed by atoms with Crippen molar-refractivity contribution in [3.63, 3.8) is 0 Å². The Hall–Kier alpha value is -1.76. The molecule has 1 aliphatic heterocycles. The first kappa shape index (κ1) is 16.1. The molecule has 120 valence electrons. The van der Waals surface area contributed by atoms with Gasteiger partial charge in [0.2, 0.25) is 0 Å². The van der Waals surface area contributed by atoms with Crippen LogP contribution in [-0.2, 0) is 11.3 Å². The van der Waals surface area contributed by atoms with E-state index in [1.807, 2.05) is 24.3 Å². The molecule has 5 nitrogen and oxygen atoms in total. The monoisotopic (exact) mass is 375 g/mol. The molecule has 3 rings (SSSR count). The number of hydrogen-bond donors (Lipinski definition) is 1. The number of pyridine rings is 1. The second-order valence-corrected chi connectivity index (χ2v) is 6.31. The summed E-state index contributed by atoms with van der Waals surface area (Å²) < 4.78 is 6.16. The fourth-order valence-electron chi connectivity index (χ4n) is 2.51. The highest BCUT2D eigenvalue weighted by Gasteiger charge is 2.14. The highest BCUT2D eigenvalue weighted by molar-refractivity contribution is 9.10. The van der Waals surface area contributed by atoms with E-state index in [1.54, 1.807) is 18.5 Å². The van der Waals surface area contributed by atoms with Gasteiger partial charge >= 0.3 is 0 Å². The summed E-state index contributed by atoms with van der Waals surface area (Å²) in [5.41, 5.74) is 2.47. The summed E-state index contributed by atoms with van der Waals surface area (Å²) in [5, 5.41) is 2.99. The second kappa shape index (κ2) is 7.68. The van der Waals surface area contributed by atoms with Gasteiger partial charge in [-0.05, 0) is 33.6 Å². The van der Waals surface area contributed by atoms with Crippen LogP contribution >= 0.6 is 15.9 Å². The van der Waals surface area contributed by atoms with Crippen LogP contribution in [0.1, 0.15) is 15.9 Å². The maximum Gasteiger partial charge on any atom is 0.257 e. The summed E-state index contributed by atoms with van der Waals surface area (Å²) >= 11 is 3.34. The number of carbonyl (C=O) groups is 1. The van der Waals surface area contributed by atoms with Crippen molar-refractivity contribution in [2.75, 3.05) is 31.6 Å². The number of morpholine rings is 1. The van der Waals surface area contributed by atoms with Crippen LogP contribution < -0.4 is 5.32 Å². The van der Waals surface area contributed by atoms with Gasteiger partial charge in [0.25, 0.3) is 5.91 Å². The molecule has 0 aliphatic carbocycles. The molecule has 0 bridgehead atoms. The Morgan fingerprint density at radius 1 is 1.26 bits per heavy atom. The molecule has 1 aliphatic rings. The molecule has 2 aromatic rings. The topological polar surface area (TPSA) is 54.5 Å². The molecule has 0 unspecified atom stereocenters. The van der Waals surface area contributed by atoms with Gasteiger partial charge in [-0.3, -0.25) is 14.7 Å². The maximum atomic E-state index is 12.4. The molecule has 1 fully saturated rings. The van der Waals surface area contributed by atoms with Gasteiger partial charge in [0.1, 0.15) is 0 Å². The second-order valence-electron chi connectivity index (χ2n) is 5.39. The Kier molecular flexibility index (Phi) is 5.38. The van der Waals surface area contributed by atoms with E-state index < -0.39 is 0 Å². The smallest absolute Gasteiger partial charge is 0.257 e. The van der Waals surface area contributed by atoms with Crippen molar-refractivity contribution in [2.45, 2.75) is 6.54 Å². The predicted molar refractivity (Wildman–Crippen MR) is 92.4 cm³/mol. The number of nitrogens with one attached hydrogen (secondary N) is 1. The summed E-state index contributed by atoms with van der Waals surface area (Å²) in [5.74, 6) is -0.159. The van der Waals surface area contributed by atoms with Gasteiger partial charge < -0.3 is 10.1 Å². The molecule has 2 heterocycles. The van der Waals surface area contributed by atoms with E-state index in [2.05, 4.69) is 31.1 Å². The third kappa shape index (κ3) is 4.37. The molecule has 1 aromatic heterocycles. The Balaban J connectivity index is 1.73. The molecular formula is C17H18BrN3O2. The lowest BCUT2D eigenvalue weighted by atomic mass is 10.1. The SMILES string of the molecule is O=C(Nc1ccccc1CN1CCOCC1)c1cncc(Br)c1. The molecule has 1 amide bonds. The largest absolute Gasteiger partial charge is 0.379 e. The number of nitrogens with zero attached hydrogens (tertiary/aromatic N) is 2. The van der Waals surface area contributed by atoms with Gasteiger partial charge in [-0.1, -0.05) is 18.2 Å². The number of ether oxygens (including phenoxy) is 1. The Labute approximate surface area is 143 Å². The van der Waals surface area contributed by atoms with E-state index >= 15 is 0 Å². The number of rotatable bonds is 4. The molecule has 23 heavy (non-hydrogen) atoms. The molecule has 1 saturated heterocycles. The first-order valence-electron chi connectivity index (χ1n) is 7.52. The highest BCUT2D eigenvalue weighted by Crippen LogP contribution is 2.19. The number of anilines is 1. The third-order valence-electron chi connectivity index (χ3n) is 3.73. The minimum atomic E-state index is -0.159. The average molecular weight is 376 g/mol. The third-order valence-corrected chi connectivity index (χ3v) is 4.16. The van der Waals surface area contributed by atoms with Crippen LogP contribution in [0.4, 0.5) is 5.69 Å². The zero-order valence-corrected chi connectivity index (χ0v) is 14.3. The lowest BCUT2D eigenvalue weighted by Gasteiger charge is -2.27. The standard InChI is InChI=1S/C17H18BrN3O2/c18-15-9-14(10-19-11-15)17(22)20-16-4-2-1-3-13(16)12-21-5-7-23-8-6-21/h1-4,9-11H,5-8,12H2,(H,20,22). The lowest BCUT2D eigenvalue weighted by molar-refractivity contribution is 0.0342. The molecular weight excluding hydrogens is 358 g/mol.